The SMILES string of the molecule is CS(=O)(=O)c1ccccc1Nc1cc(-c2cnc(N)cc2C(F)(F)F)nc(N2CCOCC2)n1. The number of hydrogen-bond donors (Lipinski definition) is 2. The van der Waals surface area contributed by atoms with Crippen LogP contribution in [0.25, 0.3) is 11.3 Å². The van der Waals surface area contributed by atoms with Gasteiger partial charge in [0.15, 0.2) is 9.84 Å². The molecular formula is C21H21F3N6O3S. The second-order valence-electron chi connectivity index (χ2n) is 7.58. The predicted octanol–water partition coefficient (Wildman–Crippen LogP) is 3.12. The van der Waals surface area contributed by atoms with Gasteiger partial charge in [-0.3, -0.25) is 0 Å². The van der Waals surface area contributed by atoms with Crippen LogP contribution < -0.4 is 16.0 Å². The summed E-state index contributed by atoms with van der Waals surface area (Å²) in [5.41, 5.74) is 4.42. The Kier molecular flexibility index (Phi) is 6.32. The lowest BCUT2D eigenvalue weighted by atomic mass is 10.1. The molecule has 3 aromatic rings. The van der Waals surface area contributed by atoms with E-state index in [9.17, 15) is 21.6 Å². The number of sulfone groups is 1. The standard InChI is InChI=1S/C21H21F3N6O3S/c1-34(31,32)17-5-3-2-4-15(17)27-19-11-16(28-20(29-19)30-6-8-33-9-7-30)13-12-26-18(25)10-14(13)21(22,23)24/h2-5,10-12H,6-9H2,1H3,(H2,25,26)(H,27,28,29). The van der Waals surface area contributed by atoms with Crippen molar-refractivity contribution in [2.24, 2.45) is 0 Å². The van der Waals surface area contributed by atoms with Gasteiger partial charge in [0.05, 0.1) is 35.1 Å². The number of halogens is 3. The molecule has 0 amide bonds. The van der Waals surface area contributed by atoms with Crippen LogP contribution >= 0.6 is 0 Å². The van der Waals surface area contributed by atoms with Crippen molar-refractivity contribution in [1.29, 1.82) is 0 Å². The van der Waals surface area contributed by atoms with E-state index >= 15 is 0 Å². The number of morpholine rings is 1. The third-order valence-electron chi connectivity index (χ3n) is 5.06. The van der Waals surface area contributed by atoms with Crippen molar-refractivity contribution in [2.45, 2.75) is 11.1 Å². The van der Waals surface area contributed by atoms with E-state index in [2.05, 4.69) is 20.3 Å². The zero-order valence-corrected chi connectivity index (χ0v) is 18.8. The number of para-hydroxylation sites is 1. The summed E-state index contributed by atoms with van der Waals surface area (Å²) in [4.78, 5) is 14.4. The molecule has 0 spiro atoms. The van der Waals surface area contributed by atoms with E-state index in [1.165, 1.54) is 12.1 Å². The van der Waals surface area contributed by atoms with E-state index in [1.807, 2.05) is 0 Å². The molecule has 4 rings (SSSR count). The summed E-state index contributed by atoms with van der Waals surface area (Å²) in [5.74, 6) is 0.0107. The van der Waals surface area contributed by atoms with Crippen LogP contribution in [0.15, 0.2) is 47.5 Å². The van der Waals surface area contributed by atoms with Crippen LogP contribution in [0, 0.1) is 0 Å². The summed E-state index contributed by atoms with van der Waals surface area (Å²) in [6, 6.07) is 8.23. The fourth-order valence-electron chi connectivity index (χ4n) is 3.48. The van der Waals surface area contributed by atoms with Crippen molar-refractivity contribution in [2.75, 3.05) is 48.5 Å². The molecule has 1 saturated heterocycles. The number of pyridine rings is 1. The highest BCUT2D eigenvalue weighted by atomic mass is 32.2. The van der Waals surface area contributed by atoms with Gasteiger partial charge in [0.25, 0.3) is 0 Å². The van der Waals surface area contributed by atoms with Crippen LogP contribution in [0.5, 0.6) is 0 Å². The van der Waals surface area contributed by atoms with Crippen LogP contribution in [0.4, 0.5) is 36.4 Å². The monoisotopic (exact) mass is 494 g/mol. The number of nitrogens with zero attached hydrogens (tertiary/aromatic N) is 4. The Labute approximate surface area is 193 Å². The Morgan fingerprint density at radius 3 is 2.50 bits per heavy atom. The van der Waals surface area contributed by atoms with Gasteiger partial charge in [-0.2, -0.15) is 18.2 Å². The number of rotatable bonds is 5. The van der Waals surface area contributed by atoms with Gasteiger partial charge in [-0.05, 0) is 18.2 Å². The second kappa shape index (κ2) is 9.06. The molecule has 13 heteroatoms. The van der Waals surface area contributed by atoms with Crippen LogP contribution in [0.3, 0.4) is 0 Å². The highest BCUT2D eigenvalue weighted by molar-refractivity contribution is 7.90. The third kappa shape index (κ3) is 5.20. The molecule has 0 saturated carbocycles. The van der Waals surface area contributed by atoms with Gasteiger partial charge >= 0.3 is 6.18 Å². The topological polar surface area (TPSA) is 123 Å². The van der Waals surface area contributed by atoms with E-state index in [-0.39, 0.29) is 39.4 Å². The lowest BCUT2D eigenvalue weighted by molar-refractivity contribution is -0.137. The van der Waals surface area contributed by atoms with Gasteiger partial charge in [0, 0.05) is 37.2 Å². The van der Waals surface area contributed by atoms with Crippen molar-refractivity contribution >= 4 is 33.1 Å². The number of ether oxygens (including phenoxy) is 1. The zero-order chi connectivity index (χ0) is 24.5. The summed E-state index contributed by atoms with van der Waals surface area (Å²) in [5, 5.41) is 2.92. The highest BCUT2D eigenvalue weighted by Gasteiger charge is 2.35. The number of anilines is 4. The Morgan fingerprint density at radius 1 is 1.12 bits per heavy atom. The molecule has 0 atom stereocenters. The molecule has 1 aliphatic heterocycles. The lowest BCUT2D eigenvalue weighted by Gasteiger charge is -2.27. The van der Waals surface area contributed by atoms with E-state index in [0.29, 0.717) is 26.3 Å². The molecule has 0 aliphatic carbocycles. The fraction of sp³-hybridized carbons (Fsp3) is 0.286. The van der Waals surface area contributed by atoms with Crippen molar-refractivity contribution in [3.8, 4) is 11.3 Å². The summed E-state index contributed by atoms with van der Waals surface area (Å²) in [6.07, 6.45) is -2.63. The Morgan fingerprint density at radius 2 is 1.82 bits per heavy atom. The average molecular weight is 494 g/mol. The molecular weight excluding hydrogens is 473 g/mol. The quantitative estimate of drug-likeness (QED) is 0.551. The minimum Gasteiger partial charge on any atom is -0.384 e. The number of nitrogens with two attached hydrogens (primary N) is 1. The molecule has 9 nitrogen and oxygen atoms in total. The fourth-order valence-corrected chi connectivity index (χ4v) is 4.33. The Hall–Kier alpha value is -3.45. The Bertz CT molecular complexity index is 1310. The van der Waals surface area contributed by atoms with Crippen molar-refractivity contribution in [1.82, 2.24) is 15.0 Å². The molecule has 0 radical (unpaired) electrons. The summed E-state index contributed by atoms with van der Waals surface area (Å²) < 4.78 is 71.0. The predicted molar refractivity (Wildman–Crippen MR) is 121 cm³/mol. The smallest absolute Gasteiger partial charge is 0.384 e. The number of nitrogens with one attached hydrogen (secondary N) is 1. The van der Waals surface area contributed by atoms with E-state index in [1.54, 1.807) is 23.1 Å². The van der Waals surface area contributed by atoms with Gasteiger partial charge in [-0.1, -0.05) is 12.1 Å². The molecule has 34 heavy (non-hydrogen) atoms. The molecule has 0 bridgehead atoms. The summed E-state index contributed by atoms with van der Waals surface area (Å²) in [6.45, 7) is 1.69. The van der Waals surface area contributed by atoms with E-state index < -0.39 is 21.6 Å². The average Bonchev–Trinajstić information content (AvgIpc) is 2.78. The zero-order valence-electron chi connectivity index (χ0n) is 18.0. The second-order valence-corrected chi connectivity index (χ2v) is 9.57. The number of alkyl halides is 3. The normalized spacial score (nSPS) is 14.8. The first kappa shape index (κ1) is 23.7. The first-order valence-corrected chi connectivity index (χ1v) is 12.0. The maximum Gasteiger partial charge on any atom is 0.417 e. The van der Waals surface area contributed by atoms with Gasteiger partial charge in [-0.15, -0.1) is 0 Å². The molecule has 180 valence electrons. The molecule has 3 N–H and O–H groups in total. The number of benzene rings is 1. The van der Waals surface area contributed by atoms with Crippen LogP contribution in [0.2, 0.25) is 0 Å². The first-order chi connectivity index (χ1) is 16.0. The minimum absolute atomic E-state index is 0.0215. The Balaban J connectivity index is 1.86. The van der Waals surface area contributed by atoms with Crippen molar-refractivity contribution < 1.29 is 26.3 Å². The van der Waals surface area contributed by atoms with Gasteiger partial charge in [0.1, 0.15) is 11.6 Å². The van der Waals surface area contributed by atoms with Crippen LogP contribution in [-0.2, 0) is 20.8 Å². The molecule has 1 aromatic carbocycles. The highest BCUT2D eigenvalue weighted by Crippen LogP contribution is 2.38. The van der Waals surface area contributed by atoms with Crippen molar-refractivity contribution in [3.05, 3.63) is 48.2 Å². The number of nitrogen functional groups attached to an aromatic ring is 1. The van der Waals surface area contributed by atoms with Crippen LogP contribution in [0.1, 0.15) is 5.56 Å². The number of aromatic nitrogens is 3. The molecule has 1 fully saturated rings. The third-order valence-corrected chi connectivity index (χ3v) is 6.22. The maximum absolute atomic E-state index is 13.8. The largest absolute Gasteiger partial charge is 0.417 e. The molecule has 0 unspecified atom stereocenters. The first-order valence-electron chi connectivity index (χ1n) is 10.1. The summed E-state index contributed by atoms with van der Waals surface area (Å²) in [7, 11) is -3.58. The van der Waals surface area contributed by atoms with Crippen molar-refractivity contribution in [3.63, 3.8) is 0 Å². The van der Waals surface area contributed by atoms with Gasteiger partial charge < -0.3 is 20.7 Å². The summed E-state index contributed by atoms with van der Waals surface area (Å²) >= 11 is 0. The maximum atomic E-state index is 13.8. The lowest BCUT2D eigenvalue weighted by Crippen LogP contribution is -2.37. The number of hydrogen-bond acceptors (Lipinski definition) is 9. The minimum atomic E-state index is -4.70. The van der Waals surface area contributed by atoms with Gasteiger partial charge in [0.2, 0.25) is 5.95 Å². The molecule has 1 aliphatic rings. The van der Waals surface area contributed by atoms with E-state index in [4.69, 9.17) is 10.5 Å². The molecule has 2 aromatic heterocycles. The van der Waals surface area contributed by atoms with E-state index in [0.717, 1.165) is 18.5 Å². The molecule has 3 heterocycles. The van der Waals surface area contributed by atoms with Crippen LogP contribution in [-0.4, -0.2) is 55.9 Å². The van der Waals surface area contributed by atoms with Gasteiger partial charge in [-0.25, -0.2) is 18.4 Å².